The molecule has 3 heterocycles. The highest BCUT2D eigenvalue weighted by molar-refractivity contribution is 5.98. The summed E-state index contributed by atoms with van der Waals surface area (Å²) in [5, 5.41) is 14.4. The molecule has 3 N–H and O–H groups in total. The Morgan fingerprint density at radius 2 is 2.12 bits per heavy atom. The monoisotopic (exact) mass is 470 g/mol. The molecule has 0 unspecified atom stereocenters. The highest BCUT2D eigenvalue weighted by Gasteiger charge is 2.39. The third-order valence-corrected chi connectivity index (χ3v) is 6.51. The van der Waals surface area contributed by atoms with E-state index in [9.17, 15) is 19.6 Å². The largest absolute Gasteiger partial charge is 0.481 e. The topological polar surface area (TPSA) is 137 Å². The molecular weight excluding hydrogens is 440 g/mol. The van der Waals surface area contributed by atoms with Crippen LogP contribution in [0.4, 0.5) is 5.69 Å². The number of ether oxygens (including phenoxy) is 1. The fraction of sp³-hybridized carbons (Fsp3) is 0.522. The summed E-state index contributed by atoms with van der Waals surface area (Å²) < 4.78 is 5.15. The number of aromatic nitrogens is 2. The number of hydrogen-bond acceptors (Lipinski definition) is 8. The van der Waals surface area contributed by atoms with Crippen LogP contribution >= 0.6 is 0 Å². The molecule has 1 aliphatic heterocycles. The normalized spacial score (nSPS) is 19.2. The molecule has 11 heteroatoms. The lowest BCUT2D eigenvalue weighted by atomic mass is 9.92. The number of hydroxylamine groups is 2. The molecule has 0 bridgehead atoms. The zero-order chi connectivity index (χ0) is 24.1. The number of nitrogens with one attached hydrogen (secondary N) is 2. The molecule has 2 aliphatic rings. The van der Waals surface area contributed by atoms with Gasteiger partial charge in [-0.15, -0.1) is 0 Å². The first-order valence-electron chi connectivity index (χ1n) is 11.6. The van der Waals surface area contributed by atoms with E-state index in [1.165, 1.54) is 12.1 Å². The molecule has 2 aromatic heterocycles. The molecule has 1 saturated carbocycles. The van der Waals surface area contributed by atoms with Gasteiger partial charge in [0, 0.05) is 12.6 Å². The predicted molar refractivity (Wildman–Crippen MR) is 123 cm³/mol. The van der Waals surface area contributed by atoms with Crippen molar-refractivity contribution < 1.29 is 24.3 Å². The van der Waals surface area contributed by atoms with Crippen molar-refractivity contribution in [3.8, 4) is 5.88 Å². The number of carbonyl (C=O) groups is 3. The summed E-state index contributed by atoms with van der Waals surface area (Å²) >= 11 is 0. The number of hydrogen-bond donors (Lipinski definition) is 3. The molecule has 1 aliphatic carbocycles. The molecule has 3 amide bonds. The van der Waals surface area contributed by atoms with Crippen LogP contribution in [0.3, 0.4) is 0 Å². The van der Waals surface area contributed by atoms with Crippen molar-refractivity contribution in [3.05, 3.63) is 24.4 Å². The van der Waals surface area contributed by atoms with Crippen LogP contribution in [0.25, 0.3) is 11.0 Å². The summed E-state index contributed by atoms with van der Waals surface area (Å²) in [6.45, 7) is 0.360. The van der Waals surface area contributed by atoms with E-state index >= 15 is 0 Å². The highest BCUT2D eigenvalue weighted by atomic mass is 16.5. The lowest BCUT2D eigenvalue weighted by Gasteiger charge is -2.29. The molecule has 0 spiro atoms. The Kier molecular flexibility index (Phi) is 7.53. The van der Waals surface area contributed by atoms with E-state index in [0.717, 1.165) is 25.7 Å². The van der Waals surface area contributed by atoms with Gasteiger partial charge in [-0.25, -0.2) is 15.5 Å². The first kappa shape index (κ1) is 23.8. The fourth-order valence-electron chi connectivity index (χ4n) is 4.80. The van der Waals surface area contributed by atoms with Crippen LogP contribution in [0.2, 0.25) is 0 Å². The second-order valence-electron chi connectivity index (χ2n) is 8.84. The van der Waals surface area contributed by atoms with Gasteiger partial charge < -0.3 is 10.1 Å². The molecule has 2 fully saturated rings. The second kappa shape index (κ2) is 10.7. The SMILES string of the molecule is COc1ccc2ncc(NC(=O)[C@@H]3CCNN3C(=O)[C@H](CC3CCCC3)CN(O)C=O)cc2n1. The van der Waals surface area contributed by atoms with Crippen LogP contribution in [0.15, 0.2) is 24.4 Å². The van der Waals surface area contributed by atoms with Gasteiger partial charge in [-0.05, 0) is 30.9 Å². The Morgan fingerprint density at radius 1 is 1.32 bits per heavy atom. The molecule has 2 aromatic rings. The zero-order valence-corrected chi connectivity index (χ0v) is 19.1. The van der Waals surface area contributed by atoms with Crippen molar-refractivity contribution in [2.45, 2.75) is 44.6 Å². The Hall–Kier alpha value is -3.31. The van der Waals surface area contributed by atoms with E-state index in [4.69, 9.17) is 4.74 Å². The van der Waals surface area contributed by atoms with Crippen molar-refractivity contribution in [1.82, 2.24) is 25.5 Å². The standard InChI is InChI=1S/C23H30N6O5/c1-34-21-7-6-18-19(27-21)11-17(12-24-18)26-22(31)20-8-9-25-29(20)23(32)16(13-28(33)14-30)10-15-4-2-3-5-15/h6-7,11-12,14-16,20,25,33H,2-5,8-10,13H2,1H3,(H,26,31)/t16-,20+/m1/s1. The number of methoxy groups -OCH3 is 1. The number of anilines is 1. The molecule has 34 heavy (non-hydrogen) atoms. The van der Waals surface area contributed by atoms with Gasteiger partial charge in [0.15, 0.2) is 0 Å². The van der Waals surface area contributed by atoms with Crippen molar-refractivity contribution in [2.75, 3.05) is 25.5 Å². The lowest BCUT2D eigenvalue weighted by molar-refractivity contribution is -0.159. The minimum atomic E-state index is -0.726. The van der Waals surface area contributed by atoms with Crippen molar-refractivity contribution in [1.29, 1.82) is 0 Å². The predicted octanol–water partition coefficient (Wildman–Crippen LogP) is 1.73. The maximum Gasteiger partial charge on any atom is 0.248 e. The van der Waals surface area contributed by atoms with E-state index in [1.807, 2.05) is 0 Å². The molecule has 4 rings (SSSR count). The van der Waals surface area contributed by atoms with Crippen LogP contribution in [-0.2, 0) is 14.4 Å². The maximum absolute atomic E-state index is 13.4. The average Bonchev–Trinajstić information content (AvgIpc) is 3.55. The minimum Gasteiger partial charge on any atom is -0.481 e. The first-order valence-corrected chi connectivity index (χ1v) is 11.6. The number of pyridine rings is 2. The summed E-state index contributed by atoms with van der Waals surface area (Å²) in [5.41, 5.74) is 4.70. The minimum absolute atomic E-state index is 0.104. The Balaban J connectivity index is 1.47. The van der Waals surface area contributed by atoms with Crippen LogP contribution in [0.1, 0.15) is 38.5 Å². The Bertz CT molecular complexity index is 1040. The van der Waals surface area contributed by atoms with Gasteiger partial charge in [0.1, 0.15) is 6.04 Å². The third kappa shape index (κ3) is 5.42. The van der Waals surface area contributed by atoms with Crippen molar-refractivity contribution >= 4 is 34.9 Å². The number of hydrazine groups is 1. The quantitative estimate of drug-likeness (QED) is 0.286. The van der Waals surface area contributed by atoms with Gasteiger partial charge in [-0.2, -0.15) is 0 Å². The third-order valence-electron chi connectivity index (χ3n) is 6.51. The zero-order valence-electron chi connectivity index (χ0n) is 19.1. The van der Waals surface area contributed by atoms with Crippen LogP contribution in [0.5, 0.6) is 5.88 Å². The Morgan fingerprint density at radius 3 is 2.85 bits per heavy atom. The van der Waals surface area contributed by atoms with E-state index in [2.05, 4.69) is 20.7 Å². The molecule has 0 aromatic carbocycles. The first-order chi connectivity index (χ1) is 16.5. The Labute approximate surface area is 197 Å². The molecule has 0 radical (unpaired) electrons. The summed E-state index contributed by atoms with van der Waals surface area (Å²) in [7, 11) is 1.52. The number of carbonyl (C=O) groups excluding carboxylic acids is 3. The van der Waals surface area contributed by atoms with Gasteiger partial charge in [0.2, 0.25) is 24.1 Å². The number of rotatable bonds is 9. The number of amides is 3. The van der Waals surface area contributed by atoms with E-state index in [-0.39, 0.29) is 18.4 Å². The summed E-state index contributed by atoms with van der Waals surface area (Å²) in [6.07, 6.45) is 7.15. The molecular formula is C23H30N6O5. The van der Waals surface area contributed by atoms with Gasteiger partial charge in [-0.3, -0.25) is 29.6 Å². The highest BCUT2D eigenvalue weighted by Crippen LogP contribution is 2.32. The summed E-state index contributed by atoms with van der Waals surface area (Å²) in [4.78, 5) is 46.1. The summed E-state index contributed by atoms with van der Waals surface area (Å²) in [5.74, 6) is -0.432. The number of nitrogens with zero attached hydrogens (tertiary/aromatic N) is 4. The lowest BCUT2D eigenvalue weighted by Crippen LogP contribution is -2.51. The molecule has 11 nitrogen and oxygen atoms in total. The van der Waals surface area contributed by atoms with Crippen molar-refractivity contribution in [2.24, 2.45) is 11.8 Å². The van der Waals surface area contributed by atoms with Crippen LogP contribution < -0.4 is 15.5 Å². The molecule has 1 saturated heterocycles. The van der Waals surface area contributed by atoms with Crippen molar-refractivity contribution in [3.63, 3.8) is 0 Å². The van der Waals surface area contributed by atoms with Gasteiger partial charge in [0.05, 0.1) is 42.5 Å². The van der Waals surface area contributed by atoms with E-state index < -0.39 is 12.0 Å². The maximum atomic E-state index is 13.4. The van der Waals surface area contributed by atoms with Gasteiger partial charge in [-0.1, -0.05) is 25.7 Å². The molecule has 182 valence electrons. The van der Waals surface area contributed by atoms with E-state index in [1.54, 1.807) is 24.4 Å². The average molecular weight is 471 g/mol. The second-order valence-corrected chi connectivity index (χ2v) is 8.84. The molecule has 2 atom stereocenters. The summed E-state index contributed by atoms with van der Waals surface area (Å²) in [6, 6.07) is 4.47. The van der Waals surface area contributed by atoms with E-state index in [0.29, 0.717) is 59.4 Å². The van der Waals surface area contributed by atoms with Crippen LogP contribution in [-0.4, -0.2) is 69.7 Å². The fourth-order valence-corrected chi connectivity index (χ4v) is 4.80. The van der Waals surface area contributed by atoms with Crippen LogP contribution in [0, 0.1) is 11.8 Å². The number of fused-ring (bicyclic) bond motifs is 1. The van der Waals surface area contributed by atoms with Gasteiger partial charge in [0.25, 0.3) is 0 Å². The smallest absolute Gasteiger partial charge is 0.248 e. The van der Waals surface area contributed by atoms with Gasteiger partial charge >= 0.3 is 0 Å².